The molecule has 0 aliphatic carbocycles. The Kier molecular flexibility index (Phi) is 1.71. The molecule has 0 amide bonds. The summed E-state index contributed by atoms with van der Waals surface area (Å²) in [6, 6.07) is 0. The van der Waals surface area contributed by atoms with Crippen molar-refractivity contribution in [2.24, 2.45) is 0 Å². The van der Waals surface area contributed by atoms with Crippen LogP contribution in [0.2, 0.25) is 0 Å². The quantitative estimate of drug-likeness (QED) is 0.501. The van der Waals surface area contributed by atoms with Crippen molar-refractivity contribution in [3.05, 3.63) is 11.1 Å². The fraction of sp³-hybridized carbons (Fsp3) is 0.600. The van der Waals surface area contributed by atoms with Gasteiger partial charge in [0.1, 0.15) is 0 Å². The van der Waals surface area contributed by atoms with Crippen LogP contribution in [-0.4, -0.2) is 13.1 Å². The Labute approximate surface area is 48.4 Å². The molecule has 1 heterocycles. The van der Waals surface area contributed by atoms with Crippen LogP contribution in [0.1, 0.15) is 6.42 Å². The molecule has 0 atom stereocenters. The Bertz CT molecular complexity index is 88.1. The number of nitrogens with one attached hydrogen (secondary N) is 1. The van der Waals surface area contributed by atoms with Gasteiger partial charge in [0, 0.05) is 18.1 Å². The van der Waals surface area contributed by atoms with Crippen molar-refractivity contribution in [1.29, 1.82) is 0 Å². The van der Waals surface area contributed by atoms with Gasteiger partial charge in [-0.3, -0.25) is 0 Å². The third-order valence-corrected chi connectivity index (χ3v) is 1.35. The molecule has 2 heteroatoms. The Balaban J connectivity index is 2.40. The average Bonchev–Trinajstić information content (AvgIpc) is 1.69. The van der Waals surface area contributed by atoms with Crippen LogP contribution in [-0.2, 0) is 0 Å². The van der Waals surface area contributed by atoms with E-state index in [1.807, 2.05) is 6.08 Å². The molecule has 40 valence electrons. The molecule has 1 nitrogen and oxygen atoms in total. The zero-order chi connectivity index (χ0) is 5.11. The maximum atomic E-state index is 5.64. The zero-order valence-electron chi connectivity index (χ0n) is 4.08. The number of hydrogen-bond donors (Lipinski definition) is 1. The highest BCUT2D eigenvalue weighted by Gasteiger charge is 1.95. The van der Waals surface area contributed by atoms with Crippen molar-refractivity contribution < 1.29 is 0 Å². The molecular weight excluding hydrogens is 110 g/mol. The summed E-state index contributed by atoms with van der Waals surface area (Å²) < 4.78 is 0. The maximum Gasteiger partial charge on any atom is 0.0166 e. The lowest BCUT2D eigenvalue weighted by Crippen LogP contribution is -2.18. The van der Waals surface area contributed by atoms with Crippen LogP contribution in [0.3, 0.4) is 0 Å². The normalized spacial score (nSPS) is 21.6. The highest BCUT2D eigenvalue weighted by atomic mass is 35.5. The second kappa shape index (κ2) is 2.34. The summed E-state index contributed by atoms with van der Waals surface area (Å²) in [4.78, 5) is 0. The molecule has 0 unspecified atom stereocenters. The first-order valence-electron chi connectivity index (χ1n) is 2.45. The van der Waals surface area contributed by atoms with E-state index in [-0.39, 0.29) is 0 Å². The minimum Gasteiger partial charge on any atom is -0.313 e. The zero-order valence-corrected chi connectivity index (χ0v) is 4.83. The highest BCUT2D eigenvalue weighted by Crippen LogP contribution is 2.07. The van der Waals surface area contributed by atoms with Gasteiger partial charge >= 0.3 is 0 Å². The molecule has 0 aromatic carbocycles. The van der Waals surface area contributed by atoms with E-state index in [1.165, 1.54) is 0 Å². The van der Waals surface area contributed by atoms with Crippen LogP contribution >= 0.6 is 11.6 Å². The minimum atomic E-state index is 0.943. The summed E-state index contributed by atoms with van der Waals surface area (Å²) >= 11 is 5.64. The molecule has 1 rings (SSSR count). The van der Waals surface area contributed by atoms with Crippen LogP contribution < -0.4 is 5.32 Å². The summed E-state index contributed by atoms with van der Waals surface area (Å²) in [7, 11) is 0. The molecule has 0 saturated carbocycles. The largest absolute Gasteiger partial charge is 0.313 e. The predicted octanol–water partition coefficient (Wildman–Crippen LogP) is 1.10. The number of halogens is 1. The first kappa shape index (κ1) is 5.13. The van der Waals surface area contributed by atoms with E-state index in [0.717, 1.165) is 24.5 Å². The highest BCUT2D eigenvalue weighted by molar-refractivity contribution is 6.29. The van der Waals surface area contributed by atoms with Crippen molar-refractivity contribution in [3.8, 4) is 0 Å². The van der Waals surface area contributed by atoms with Gasteiger partial charge < -0.3 is 5.32 Å². The third-order valence-electron chi connectivity index (χ3n) is 1.01. The monoisotopic (exact) mass is 117 g/mol. The van der Waals surface area contributed by atoms with E-state index in [2.05, 4.69) is 5.32 Å². The number of rotatable bonds is 0. The minimum absolute atomic E-state index is 0.943. The van der Waals surface area contributed by atoms with Gasteiger partial charge in [-0.15, -0.1) is 0 Å². The van der Waals surface area contributed by atoms with Gasteiger partial charge in [-0.1, -0.05) is 17.7 Å². The lowest BCUT2D eigenvalue weighted by Gasteiger charge is -2.06. The van der Waals surface area contributed by atoms with Crippen molar-refractivity contribution in [3.63, 3.8) is 0 Å². The Morgan fingerprint density at radius 3 is 2.86 bits per heavy atom. The van der Waals surface area contributed by atoms with Gasteiger partial charge in [-0.05, 0) is 6.42 Å². The predicted molar refractivity (Wildman–Crippen MR) is 31.4 cm³/mol. The second-order valence-electron chi connectivity index (χ2n) is 1.61. The number of hydrogen-bond acceptors (Lipinski definition) is 1. The second-order valence-corrected chi connectivity index (χ2v) is 2.09. The molecule has 0 saturated heterocycles. The average molecular weight is 118 g/mol. The third kappa shape index (κ3) is 1.49. The summed E-state index contributed by atoms with van der Waals surface area (Å²) in [6.45, 7) is 1.98. The molecule has 0 fully saturated rings. The Morgan fingerprint density at radius 1 is 1.71 bits per heavy atom. The standard InChI is InChI=1S/C5H8ClN/c6-5-1-3-7-4-2-5/h1,7H,2-4H2. The fourth-order valence-electron chi connectivity index (χ4n) is 0.595. The van der Waals surface area contributed by atoms with Gasteiger partial charge in [-0.25, -0.2) is 0 Å². The molecular formula is C5H8ClN. The van der Waals surface area contributed by atoms with Crippen molar-refractivity contribution in [2.75, 3.05) is 13.1 Å². The summed E-state index contributed by atoms with van der Waals surface area (Å²) in [5, 5.41) is 4.15. The molecule has 1 aliphatic rings. The molecule has 7 heavy (non-hydrogen) atoms. The van der Waals surface area contributed by atoms with Gasteiger partial charge in [0.05, 0.1) is 0 Å². The van der Waals surface area contributed by atoms with Crippen molar-refractivity contribution in [1.82, 2.24) is 5.32 Å². The topological polar surface area (TPSA) is 12.0 Å². The molecule has 0 radical (unpaired) electrons. The molecule has 0 aromatic heterocycles. The molecule has 0 spiro atoms. The van der Waals surface area contributed by atoms with Gasteiger partial charge in [0.25, 0.3) is 0 Å². The van der Waals surface area contributed by atoms with E-state index in [0.29, 0.717) is 0 Å². The van der Waals surface area contributed by atoms with E-state index in [4.69, 9.17) is 11.6 Å². The van der Waals surface area contributed by atoms with E-state index >= 15 is 0 Å². The lowest BCUT2D eigenvalue weighted by molar-refractivity contribution is 0.721. The molecule has 1 aliphatic heterocycles. The van der Waals surface area contributed by atoms with Crippen LogP contribution in [0.4, 0.5) is 0 Å². The first-order chi connectivity index (χ1) is 3.39. The van der Waals surface area contributed by atoms with E-state index < -0.39 is 0 Å². The molecule has 0 aromatic rings. The van der Waals surface area contributed by atoms with E-state index in [1.54, 1.807) is 0 Å². The molecule has 0 bridgehead atoms. The maximum absolute atomic E-state index is 5.64. The van der Waals surface area contributed by atoms with Gasteiger partial charge in [-0.2, -0.15) is 0 Å². The summed E-state index contributed by atoms with van der Waals surface area (Å²) in [6.07, 6.45) is 3.01. The summed E-state index contributed by atoms with van der Waals surface area (Å²) in [5.41, 5.74) is 0. The SMILES string of the molecule is ClC1=CCNCC1. The van der Waals surface area contributed by atoms with Crippen LogP contribution in [0.5, 0.6) is 0 Å². The molecule has 1 N–H and O–H groups in total. The van der Waals surface area contributed by atoms with Crippen molar-refractivity contribution in [2.45, 2.75) is 6.42 Å². The first-order valence-corrected chi connectivity index (χ1v) is 2.82. The van der Waals surface area contributed by atoms with Crippen LogP contribution in [0, 0.1) is 0 Å². The van der Waals surface area contributed by atoms with Gasteiger partial charge in [0.15, 0.2) is 0 Å². The van der Waals surface area contributed by atoms with Gasteiger partial charge in [0.2, 0.25) is 0 Å². The van der Waals surface area contributed by atoms with Crippen LogP contribution in [0.15, 0.2) is 11.1 Å². The van der Waals surface area contributed by atoms with Crippen LogP contribution in [0.25, 0.3) is 0 Å². The fourth-order valence-corrected chi connectivity index (χ4v) is 0.766. The smallest absolute Gasteiger partial charge is 0.0166 e. The van der Waals surface area contributed by atoms with E-state index in [9.17, 15) is 0 Å². The lowest BCUT2D eigenvalue weighted by atomic mass is 10.3. The van der Waals surface area contributed by atoms with Crippen molar-refractivity contribution >= 4 is 11.6 Å². The summed E-state index contributed by atoms with van der Waals surface area (Å²) in [5.74, 6) is 0. The Hall–Kier alpha value is -0.0100. The Morgan fingerprint density at radius 2 is 2.57 bits per heavy atom.